The van der Waals surface area contributed by atoms with Crippen LogP contribution in [-0.2, 0) is 9.59 Å². The van der Waals surface area contributed by atoms with Gasteiger partial charge in [-0.3, -0.25) is 4.79 Å². The van der Waals surface area contributed by atoms with Crippen molar-refractivity contribution in [2.75, 3.05) is 6.54 Å². The molecule has 96 valence electrons. The number of rotatable bonds is 3. The number of hydrogen-bond donors (Lipinski definition) is 0. The molecule has 1 amide bonds. The number of nitrogens with zero attached hydrogens (tertiary/aromatic N) is 1. The largest absolute Gasteiger partial charge is 1.00 e. The van der Waals surface area contributed by atoms with Crippen LogP contribution in [0.1, 0.15) is 31.9 Å². The maximum absolute atomic E-state index is 12.2. The Bertz CT molecular complexity index is 477. The van der Waals surface area contributed by atoms with Gasteiger partial charge in [0.15, 0.2) is 0 Å². The van der Waals surface area contributed by atoms with E-state index >= 15 is 0 Å². The molecule has 1 fully saturated rings. The van der Waals surface area contributed by atoms with E-state index in [4.69, 9.17) is 0 Å². The normalized spacial score (nSPS) is 23.9. The maximum Gasteiger partial charge on any atom is 1.00 e. The third kappa shape index (κ3) is 3.11. The van der Waals surface area contributed by atoms with Crippen molar-refractivity contribution in [3.8, 4) is 0 Å². The number of carboxylic acid groups (broad SMARTS) is 1. The van der Waals surface area contributed by atoms with E-state index in [2.05, 4.69) is 0 Å². The van der Waals surface area contributed by atoms with E-state index in [0.29, 0.717) is 13.0 Å². The first-order valence-corrected chi connectivity index (χ1v) is 6.04. The molecule has 1 aromatic carbocycles. The van der Waals surface area contributed by atoms with Gasteiger partial charge in [0.25, 0.3) is 0 Å². The first-order chi connectivity index (χ1) is 8.47. The summed E-state index contributed by atoms with van der Waals surface area (Å²) >= 11 is 0. The van der Waals surface area contributed by atoms with E-state index in [9.17, 15) is 14.7 Å². The molecule has 0 bridgehead atoms. The summed E-state index contributed by atoms with van der Waals surface area (Å²) in [6.07, 6.45) is 0.311. The zero-order valence-electron chi connectivity index (χ0n) is 11.6. The van der Waals surface area contributed by atoms with Gasteiger partial charge in [0, 0.05) is 6.54 Å². The van der Waals surface area contributed by atoms with Crippen LogP contribution in [0.15, 0.2) is 30.3 Å². The molecule has 1 heterocycles. The molecule has 1 saturated heterocycles. The van der Waals surface area contributed by atoms with Crippen LogP contribution in [0.4, 0.5) is 0 Å². The minimum atomic E-state index is -1.37. The van der Waals surface area contributed by atoms with Gasteiger partial charge in [0.1, 0.15) is 0 Å². The second-order valence-electron chi connectivity index (χ2n) is 4.95. The third-order valence-electron chi connectivity index (χ3n) is 3.79. The molecular weight excluding hydrogens is 269 g/mol. The number of carbonyl (C=O) groups excluding carboxylic acids is 2. The van der Waals surface area contributed by atoms with Crippen molar-refractivity contribution in [2.24, 2.45) is 5.41 Å². The van der Waals surface area contributed by atoms with Crippen LogP contribution in [0, 0.1) is 5.41 Å². The number of likely N-dealkylation sites (tertiary alicyclic amines) is 1. The van der Waals surface area contributed by atoms with Crippen LogP contribution >= 0.6 is 0 Å². The number of aliphatic carboxylic acids is 1. The van der Waals surface area contributed by atoms with E-state index in [1.165, 1.54) is 6.92 Å². The van der Waals surface area contributed by atoms with Gasteiger partial charge in [-0.05, 0) is 25.8 Å². The topological polar surface area (TPSA) is 60.4 Å². The van der Waals surface area contributed by atoms with Crippen molar-refractivity contribution in [1.82, 2.24) is 4.90 Å². The predicted molar refractivity (Wildman–Crippen MR) is 64.3 cm³/mol. The Kier molecular flexibility index (Phi) is 5.76. The van der Waals surface area contributed by atoms with Crippen molar-refractivity contribution < 1.29 is 66.1 Å². The van der Waals surface area contributed by atoms with Crippen molar-refractivity contribution in [2.45, 2.75) is 26.3 Å². The molecular formula is C14H16KNO3. The second kappa shape index (κ2) is 6.50. The summed E-state index contributed by atoms with van der Waals surface area (Å²) in [5, 5.41) is 11.1. The SMILES string of the molecule is C[C@@H](c1ccccc1)N1CCC(C)(C(=O)[O-])C1=O.[K+]. The van der Waals surface area contributed by atoms with Crippen LogP contribution in [0.5, 0.6) is 0 Å². The Morgan fingerprint density at radius 2 is 1.95 bits per heavy atom. The molecule has 1 unspecified atom stereocenters. The molecule has 4 nitrogen and oxygen atoms in total. The number of hydrogen-bond acceptors (Lipinski definition) is 3. The van der Waals surface area contributed by atoms with E-state index in [1.807, 2.05) is 37.3 Å². The Hall–Kier alpha value is -0.204. The summed E-state index contributed by atoms with van der Waals surface area (Å²) in [6.45, 7) is 3.82. The number of amides is 1. The van der Waals surface area contributed by atoms with Crippen molar-refractivity contribution >= 4 is 11.9 Å². The number of carboxylic acids is 1. The maximum atomic E-state index is 12.2. The fraction of sp³-hybridized carbons (Fsp3) is 0.429. The Morgan fingerprint density at radius 3 is 2.42 bits per heavy atom. The van der Waals surface area contributed by atoms with Crippen LogP contribution in [0.3, 0.4) is 0 Å². The molecule has 1 aliphatic rings. The van der Waals surface area contributed by atoms with E-state index in [1.54, 1.807) is 4.90 Å². The fourth-order valence-electron chi connectivity index (χ4n) is 2.34. The molecule has 2 atom stereocenters. The standard InChI is InChI=1S/C14H17NO3.K/c1-10(11-6-4-3-5-7-11)15-9-8-14(2,12(15)16)13(17)18;/h3-7,10H,8-9H2,1-2H3,(H,17,18);/q;+1/p-1/t10-,14?;/m0./s1. The first-order valence-electron chi connectivity index (χ1n) is 6.04. The molecule has 1 aliphatic heterocycles. The van der Waals surface area contributed by atoms with Gasteiger partial charge in [-0.1, -0.05) is 30.3 Å². The van der Waals surface area contributed by atoms with Crippen LogP contribution < -0.4 is 56.5 Å². The summed E-state index contributed by atoms with van der Waals surface area (Å²) < 4.78 is 0. The Balaban J connectivity index is 0.00000180. The van der Waals surface area contributed by atoms with Gasteiger partial charge in [-0.15, -0.1) is 0 Å². The van der Waals surface area contributed by atoms with Crippen LogP contribution in [-0.4, -0.2) is 23.3 Å². The fourth-order valence-corrected chi connectivity index (χ4v) is 2.34. The minimum absolute atomic E-state index is 0. The molecule has 0 radical (unpaired) electrons. The summed E-state index contributed by atoms with van der Waals surface area (Å²) in [6, 6.07) is 9.49. The molecule has 0 aromatic heterocycles. The summed E-state index contributed by atoms with van der Waals surface area (Å²) in [7, 11) is 0. The monoisotopic (exact) mass is 285 g/mol. The summed E-state index contributed by atoms with van der Waals surface area (Å²) in [5.74, 6) is -1.63. The molecule has 5 heteroatoms. The number of benzene rings is 1. The van der Waals surface area contributed by atoms with Crippen LogP contribution in [0.2, 0.25) is 0 Å². The van der Waals surface area contributed by atoms with Gasteiger partial charge in [0.05, 0.1) is 17.4 Å². The third-order valence-corrected chi connectivity index (χ3v) is 3.79. The summed E-state index contributed by atoms with van der Waals surface area (Å²) in [5.41, 5.74) is -0.364. The molecule has 0 saturated carbocycles. The molecule has 19 heavy (non-hydrogen) atoms. The molecule has 0 aliphatic carbocycles. The van der Waals surface area contributed by atoms with Crippen molar-refractivity contribution in [3.63, 3.8) is 0 Å². The average molecular weight is 285 g/mol. The van der Waals surface area contributed by atoms with Crippen LogP contribution in [0.25, 0.3) is 0 Å². The number of carbonyl (C=O) groups is 2. The van der Waals surface area contributed by atoms with Gasteiger partial charge >= 0.3 is 51.4 Å². The minimum Gasteiger partial charge on any atom is -0.549 e. The van der Waals surface area contributed by atoms with Crippen molar-refractivity contribution in [3.05, 3.63) is 35.9 Å². The molecule has 2 rings (SSSR count). The van der Waals surface area contributed by atoms with E-state index in [-0.39, 0.29) is 63.3 Å². The summed E-state index contributed by atoms with van der Waals surface area (Å²) in [4.78, 5) is 24.9. The first kappa shape index (κ1) is 16.8. The smallest absolute Gasteiger partial charge is 0.549 e. The molecule has 0 spiro atoms. The van der Waals surface area contributed by atoms with Gasteiger partial charge < -0.3 is 14.8 Å². The van der Waals surface area contributed by atoms with Crippen molar-refractivity contribution in [1.29, 1.82) is 0 Å². The van der Waals surface area contributed by atoms with E-state index < -0.39 is 11.4 Å². The van der Waals surface area contributed by atoms with Gasteiger partial charge in [-0.25, -0.2) is 0 Å². The van der Waals surface area contributed by atoms with E-state index in [0.717, 1.165) is 5.56 Å². The second-order valence-corrected chi connectivity index (χ2v) is 4.95. The predicted octanol–water partition coefficient (Wildman–Crippen LogP) is -2.26. The molecule has 0 N–H and O–H groups in total. The zero-order chi connectivity index (χ0) is 13.3. The zero-order valence-corrected chi connectivity index (χ0v) is 14.7. The quantitative estimate of drug-likeness (QED) is 0.465. The Morgan fingerprint density at radius 1 is 1.37 bits per heavy atom. The molecule has 1 aromatic rings. The average Bonchev–Trinajstić information content (AvgIpc) is 2.68. The van der Waals surface area contributed by atoms with Gasteiger partial charge in [0.2, 0.25) is 5.91 Å². The van der Waals surface area contributed by atoms with Gasteiger partial charge in [-0.2, -0.15) is 0 Å². The Labute approximate surface area is 155 Å².